The minimum absolute atomic E-state index is 0.338. The molecule has 0 N–H and O–H groups in total. The number of aryl methyl sites for hydroxylation is 1. The first-order chi connectivity index (χ1) is 7.19. The van der Waals surface area contributed by atoms with Crippen molar-refractivity contribution in [2.75, 3.05) is 6.61 Å². The first kappa shape index (κ1) is 12.0. The van der Waals surface area contributed by atoms with Gasteiger partial charge in [-0.2, -0.15) is 5.10 Å². The van der Waals surface area contributed by atoms with Crippen molar-refractivity contribution < 1.29 is 9.53 Å². The number of ether oxygens (including phenoxy) is 1. The van der Waals surface area contributed by atoms with E-state index >= 15 is 0 Å². The fourth-order valence-electron chi connectivity index (χ4n) is 1.21. The lowest BCUT2D eigenvalue weighted by Crippen LogP contribution is -2.10. The van der Waals surface area contributed by atoms with E-state index in [4.69, 9.17) is 16.3 Å². The zero-order chi connectivity index (χ0) is 11.3. The second kappa shape index (κ2) is 5.75. The number of carbonyl (C=O) groups is 1. The van der Waals surface area contributed by atoms with E-state index in [1.165, 1.54) is 0 Å². The summed E-state index contributed by atoms with van der Waals surface area (Å²) in [6.07, 6.45) is 4.37. The number of rotatable bonds is 5. The molecule has 1 rings (SSSR count). The van der Waals surface area contributed by atoms with Crippen molar-refractivity contribution in [1.82, 2.24) is 9.78 Å². The van der Waals surface area contributed by atoms with Gasteiger partial charge in [-0.05, 0) is 13.3 Å². The quantitative estimate of drug-likeness (QED) is 0.575. The van der Waals surface area contributed by atoms with Crippen LogP contribution in [0.2, 0.25) is 0 Å². The van der Waals surface area contributed by atoms with Gasteiger partial charge in [0.05, 0.1) is 12.8 Å². The van der Waals surface area contributed by atoms with Crippen molar-refractivity contribution in [1.29, 1.82) is 0 Å². The van der Waals surface area contributed by atoms with E-state index in [2.05, 4.69) is 12.0 Å². The molecule has 0 fully saturated rings. The normalized spacial score (nSPS) is 12.5. The maximum absolute atomic E-state index is 11.3. The number of aromatic nitrogens is 2. The van der Waals surface area contributed by atoms with Gasteiger partial charge in [-0.1, -0.05) is 6.92 Å². The van der Waals surface area contributed by atoms with Crippen molar-refractivity contribution in [3.8, 4) is 0 Å². The Morgan fingerprint density at radius 1 is 1.67 bits per heavy atom. The predicted octanol–water partition coefficient (Wildman–Crippen LogP) is 2.14. The minimum Gasteiger partial charge on any atom is -0.465 e. The Morgan fingerprint density at radius 2 is 2.40 bits per heavy atom. The standard InChI is InChI=1S/C10H15ClN2O2/c1-3-5-13-7-8(6-12-13)9(11)10(14)15-4-2/h6-7,9H,3-5H2,1-2H3. The van der Waals surface area contributed by atoms with Crippen LogP contribution in [-0.2, 0) is 16.1 Å². The Balaban J connectivity index is 2.64. The van der Waals surface area contributed by atoms with Crippen LogP contribution >= 0.6 is 11.6 Å². The van der Waals surface area contributed by atoms with Gasteiger partial charge in [0.1, 0.15) is 0 Å². The first-order valence-electron chi connectivity index (χ1n) is 5.02. The lowest BCUT2D eigenvalue weighted by atomic mass is 10.2. The molecule has 5 heteroatoms. The van der Waals surface area contributed by atoms with E-state index in [9.17, 15) is 4.79 Å². The van der Waals surface area contributed by atoms with E-state index in [1.54, 1.807) is 24.0 Å². The molecule has 0 aliphatic heterocycles. The highest BCUT2D eigenvalue weighted by atomic mass is 35.5. The van der Waals surface area contributed by atoms with Crippen LogP contribution in [0.25, 0.3) is 0 Å². The molecule has 1 aromatic heterocycles. The summed E-state index contributed by atoms with van der Waals surface area (Å²) in [7, 11) is 0. The molecule has 84 valence electrons. The molecule has 0 aromatic carbocycles. The Morgan fingerprint density at radius 3 is 3.00 bits per heavy atom. The average molecular weight is 231 g/mol. The fraction of sp³-hybridized carbons (Fsp3) is 0.600. The predicted molar refractivity (Wildman–Crippen MR) is 57.7 cm³/mol. The number of esters is 1. The maximum Gasteiger partial charge on any atom is 0.328 e. The van der Waals surface area contributed by atoms with E-state index in [1.807, 2.05) is 0 Å². The molecular weight excluding hydrogens is 216 g/mol. The Kier molecular flexibility index (Phi) is 4.62. The smallest absolute Gasteiger partial charge is 0.328 e. The molecule has 15 heavy (non-hydrogen) atoms. The molecule has 4 nitrogen and oxygen atoms in total. The summed E-state index contributed by atoms with van der Waals surface area (Å²) in [5, 5.41) is 3.34. The van der Waals surface area contributed by atoms with Gasteiger partial charge in [-0.3, -0.25) is 9.48 Å². The highest BCUT2D eigenvalue weighted by Gasteiger charge is 2.20. The summed E-state index contributed by atoms with van der Waals surface area (Å²) < 4.78 is 6.59. The SMILES string of the molecule is CCCn1cc(C(Cl)C(=O)OCC)cn1. The van der Waals surface area contributed by atoms with Gasteiger partial charge in [-0.25, -0.2) is 0 Å². The van der Waals surface area contributed by atoms with Crippen molar-refractivity contribution in [2.45, 2.75) is 32.2 Å². The summed E-state index contributed by atoms with van der Waals surface area (Å²) in [5.74, 6) is -0.421. The molecule has 0 radical (unpaired) electrons. The summed E-state index contributed by atoms with van der Waals surface area (Å²) >= 11 is 5.92. The third kappa shape index (κ3) is 3.23. The second-order valence-corrected chi connectivity index (χ2v) is 3.59. The Labute approximate surface area is 94.2 Å². The highest BCUT2D eigenvalue weighted by molar-refractivity contribution is 6.29. The number of hydrogen-bond donors (Lipinski definition) is 0. The van der Waals surface area contributed by atoms with Crippen LogP contribution in [0, 0.1) is 0 Å². The van der Waals surface area contributed by atoms with E-state index < -0.39 is 11.3 Å². The molecule has 0 amide bonds. The first-order valence-corrected chi connectivity index (χ1v) is 5.45. The van der Waals surface area contributed by atoms with Crippen LogP contribution < -0.4 is 0 Å². The van der Waals surface area contributed by atoms with Crippen molar-refractivity contribution in [3.05, 3.63) is 18.0 Å². The summed E-state index contributed by atoms with van der Waals surface area (Å²) in [5.41, 5.74) is 0.684. The Hall–Kier alpha value is -1.03. The molecule has 0 bridgehead atoms. The molecule has 1 heterocycles. The van der Waals surface area contributed by atoms with Crippen LogP contribution in [0.4, 0.5) is 0 Å². The summed E-state index contributed by atoms with van der Waals surface area (Å²) in [6.45, 7) is 4.98. The van der Waals surface area contributed by atoms with E-state index in [0.29, 0.717) is 12.2 Å². The topological polar surface area (TPSA) is 44.1 Å². The third-order valence-corrected chi connectivity index (χ3v) is 2.32. The van der Waals surface area contributed by atoms with Gasteiger partial charge in [0, 0.05) is 18.3 Å². The molecule has 0 aliphatic rings. The molecular formula is C10H15ClN2O2. The lowest BCUT2D eigenvalue weighted by molar-refractivity contribution is -0.142. The van der Waals surface area contributed by atoms with E-state index in [-0.39, 0.29) is 0 Å². The van der Waals surface area contributed by atoms with Crippen LogP contribution in [0.15, 0.2) is 12.4 Å². The number of hydrogen-bond acceptors (Lipinski definition) is 3. The van der Waals surface area contributed by atoms with Crippen LogP contribution in [-0.4, -0.2) is 22.4 Å². The molecule has 1 aromatic rings. The molecule has 0 aliphatic carbocycles. The molecule has 1 unspecified atom stereocenters. The van der Waals surface area contributed by atoms with Gasteiger partial charge < -0.3 is 4.74 Å². The molecule has 0 saturated heterocycles. The molecule has 0 spiro atoms. The van der Waals surface area contributed by atoms with Gasteiger partial charge >= 0.3 is 5.97 Å². The van der Waals surface area contributed by atoms with Gasteiger partial charge in [0.2, 0.25) is 0 Å². The average Bonchev–Trinajstić information content (AvgIpc) is 2.66. The van der Waals surface area contributed by atoms with Crippen LogP contribution in [0.5, 0.6) is 0 Å². The molecule has 1 atom stereocenters. The number of carbonyl (C=O) groups excluding carboxylic acids is 1. The van der Waals surface area contributed by atoms with E-state index in [0.717, 1.165) is 13.0 Å². The van der Waals surface area contributed by atoms with Crippen molar-refractivity contribution in [2.24, 2.45) is 0 Å². The Bertz CT molecular complexity index is 325. The van der Waals surface area contributed by atoms with Crippen LogP contribution in [0.3, 0.4) is 0 Å². The second-order valence-electron chi connectivity index (χ2n) is 3.15. The fourth-order valence-corrected chi connectivity index (χ4v) is 1.39. The van der Waals surface area contributed by atoms with Crippen molar-refractivity contribution in [3.63, 3.8) is 0 Å². The lowest BCUT2D eigenvalue weighted by Gasteiger charge is -2.05. The van der Waals surface area contributed by atoms with Gasteiger partial charge in [0.15, 0.2) is 5.38 Å². The number of nitrogens with zero attached hydrogens (tertiary/aromatic N) is 2. The summed E-state index contributed by atoms with van der Waals surface area (Å²) in [4.78, 5) is 11.3. The number of halogens is 1. The molecule has 0 saturated carbocycles. The highest BCUT2D eigenvalue weighted by Crippen LogP contribution is 2.21. The monoisotopic (exact) mass is 230 g/mol. The largest absolute Gasteiger partial charge is 0.465 e. The zero-order valence-electron chi connectivity index (χ0n) is 8.94. The van der Waals surface area contributed by atoms with Gasteiger partial charge in [0.25, 0.3) is 0 Å². The zero-order valence-corrected chi connectivity index (χ0v) is 9.70. The third-order valence-electron chi connectivity index (χ3n) is 1.89. The maximum atomic E-state index is 11.3. The minimum atomic E-state index is -0.754. The van der Waals surface area contributed by atoms with Crippen molar-refractivity contribution >= 4 is 17.6 Å². The van der Waals surface area contributed by atoms with Gasteiger partial charge in [-0.15, -0.1) is 11.6 Å². The number of alkyl halides is 1. The summed E-state index contributed by atoms with van der Waals surface area (Å²) in [6, 6.07) is 0. The van der Waals surface area contributed by atoms with Crippen LogP contribution in [0.1, 0.15) is 31.2 Å².